The third-order valence-electron chi connectivity index (χ3n) is 2.76. The fourth-order valence-corrected chi connectivity index (χ4v) is 2.08. The maximum absolute atomic E-state index is 5.75. The molecule has 0 heterocycles. The van der Waals surface area contributed by atoms with E-state index in [0.717, 1.165) is 35.2 Å². The lowest BCUT2D eigenvalue weighted by Crippen LogP contribution is -2.10. The lowest BCUT2D eigenvalue weighted by molar-refractivity contribution is 0.0923. The average molecular weight is 330 g/mol. The molecular weight excluding hydrogens is 306 g/mol. The van der Waals surface area contributed by atoms with Crippen molar-refractivity contribution in [1.82, 2.24) is 0 Å². The Balaban J connectivity index is 2.32. The van der Waals surface area contributed by atoms with Crippen molar-refractivity contribution < 1.29 is 9.47 Å². The van der Waals surface area contributed by atoms with Crippen molar-refractivity contribution in [1.29, 1.82) is 0 Å². The Kier molecular flexibility index (Phi) is 8.10. The Hall–Kier alpha value is -0.580. The van der Waals surface area contributed by atoms with Gasteiger partial charge in [-0.1, -0.05) is 29.8 Å². The van der Waals surface area contributed by atoms with Crippen molar-refractivity contribution in [3.05, 3.63) is 28.2 Å². The molecular formula is C15H24BrNO2. The molecule has 0 fully saturated rings. The van der Waals surface area contributed by atoms with Crippen LogP contribution < -0.4 is 10.5 Å². The van der Waals surface area contributed by atoms with Gasteiger partial charge < -0.3 is 15.2 Å². The first-order chi connectivity index (χ1) is 9.13. The monoisotopic (exact) mass is 329 g/mol. The Bertz CT molecular complexity index is 369. The highest BCUT2D eigenvalue weighted by Crippen LogP contribution is 2.23. The second kappa shape index (κ2) is 9.34. The van der Waals surface area contributed by atoms with Crippen LogP contribution in [0.5, 0.6) is 5.75 Å². The summed E-state index contributed by atoms with van der Waals surface area (Å²) in [5, 5.41) is 0. The summed E-state index contributed by atoms with van der Waals surface area (Å²) in [6.45, 7) is 7.03. The minimum Gasteiger partial charge on any atom is -0.491 e. The smallest absolute Gasteiger partial charge is 0.122 e. The topological polar surface area (TPSA) is 44.5 Å². The highest BCUT2D eigenvalue weighted by atomic mass is 79.9. The van der Waals surface area contributed by atoms with Crippen LogP contribution in [0.4, 0.5) is 0 Å². The highest BCUT2D eigenvalue weighted by Gasteiger charge is 2.04. The minimum absolute atomic E-state index is 0.581. The number of nitrogens with two attached hydrogens (primary N) is 1. The van der Waals surface area contributed by atoms with Crippen LogP contribution in [0.2, 0.25) is 0 Å². The van der Waals surface area contributed by atoms with E-state index in [-0.39, 0.29) is 0 Å². The molecule has 0 bridgehead atoms. The lowest BCUT2D eigenvalue weighted by atomic mass is 10.1. The molecule has 0 spiro atoms. The third-order valence-corrected chi connectivity index (χ3v) is 3.25. The average Bonchev–Trinajstić information content (AvgIpc) is 2.36. The SMILES string of the molecule is CC(C)CCOCCOc1ccc(Br)cc1CCN. The molecule has 1 aromatic carbocycles. The van der Waals surface area contributed by atoms with Crippen LogP contribution >= 0.6 is 15.9 Å². The maximum atomic E-state index is 5.75. The molecule has 0 atom stereocenters. The van der Waals surface area contributed by atoms with Crippen LogP contribution in [0.3, 0.4) is 0 Å². The van der Waals surface area contributed by atoms with E-state index in [2.05, 4.69) is 35.8 Å². The molecule has 1 aromatic rings. The normalized spacial score (nSPS) is 11.0. The molecule has 1 rings (SSSR count). The van der Waals surface area contributed by atoms with Crippen LogP contribution in [-0.4, -0.2) is 26.4 Å². The van der Waals surface area contributed by atoms with E-state index in [0.29, 0.717) is 25.7 Å². The second-order valence-corrected chi connectivity index (χ2v) is 5.85. The van der Waals surface area contributed by atoms with Crippen LogP contribution in [0.15, 0.2) is 22.7 Å². The zero-order valence-corrected chi connectivity index (χ0v) is 13.4. The van der Waals surface area contributed by atoms with Gasteiger partial charge in [0.1, 0.15) is 12.4 Å². The van der Waals surface area contributed by atoms with Crippen molar-refractivity contribution in [3.8, 4) is 5.75 Å². The zero-order chi connectivity index (χ0) is 14.1. The van der Waals surface area contributed by atoms with Crippen molar-refractivity contribution >= 4 is 15.9 Å². The molecule has 0 aliphatic heterocycles. The van der Waals surface area contributed by atoms with Gasteiger partial charge in [0, 0.05) is 11.1 Å². The molecule has 4 heteroatoms. The van der Waals surface area contributed by atoms with E-state index < -0.39 is 0 Å². The summed E-state index contributed by atoms with van der Waals surface area (Å²) in [5.74, 6) is 1.59. The standard InChI is InChI=1S/C15H24BrNO2/c1-12(2)6-8-18-9-10-19-15-4-3-14(16)11-13(15)5-7-17/h3-4,11-12H,5-10,17H2,1-2H3. The molecule has 3 nitrogen and oxygen atoms in total. The zero-order valence-electron chi connectivity index (χ0n) is 11.8. The summed E-state index contributed by atoms with van der Waals surface area (Å²) in [4.78, 5) is 0. The van der Waals surface area contributed by atoms with Crippen LogP contribution in [0, 0.1) is 5.92 Å². The summed E-state index contributed by atoms with van der Waals surface area (Å²) < 4.78 is 12.3. The maximum Gasteiger partial charge on any atom is 0.122 e. The van der Waals surface area contributed by atoms with Crippen LogP contribution in [0.1, 0.15) is 25.8 Å². The fourth-order valence-electron chi connectivity index (χ4n) is 1.67. The number of benzene rings is 1. The predicted octanol–water partition coefficient (Wildman–Crippen LogP) is 3.39. The Morgan fingerprint density at radius 1 is 1.21 bits per heavy atom. The summed E-state index contributed by atoms with van der Waals surface area (Å²) in [7, 11) is 0. The molecule has 0 aliphatic rings. The largest absolute Gasteiger partial charge is 0.491 e. The molecule has 0 amide bonds. The highest BCUT2D eigenvalue weighted by molar-refractivity contribution is 9.10. The Labute approximate surface area is 124 Å². The van der Waals surface area contributed by atoms with Gasteiger partial charge in [0.2, 0.25) is 0 Å². The first-order valence-electron chi connectivity index (χ1n) is 6.82. The fraction of sp³-hybridized carbons (Fsp3) is 0.600. The molecule has 2 N–H and O–H groups in total. The van der Waals surface area contributed by atoms with E-state index in [1.165, 1.54) is 0 Å². The third kappa shape index (κ3) is 6.95. The molecule has 19 heavy (non-hydrogen) atoms. The molecule has 0 saturated carbocycles. The minimum atomic E-state index is 0.581. The summed E-state index contributed by atoms with van der Waals surface area (Å²) in [6.07, 6.45) is 1.92. The van der Waals surface area contributed by atoms with E-state index in [4.69, 9.17) is 15.2 Å². The Morgan fingerprint density at radius 2 is 2.00 bits per heavy atom. The number of halogens is 1. The predicted molar refractivity (Wildman–Crippen MR) is 82.7 cm³/mol. The van der Waals surface area contributed by atoms with Crippen LogP contribution in [-0.2, 0) is 11.2 Å². The van der Waals surface area contributed by atoms with Gasteiger partial charge in [-0.2, -0.15) is 0 Å². The van der Waals surface area contributed by atoms with Crippen molar-refractivity contribution in [2.75, 3.05) is 26.4 Å². The molecule has 0 unspecified atom stereocenters. The van der Waals surface area contributed by atoms with Gasteiger partial charge >= 0.3 is 0 Å². The summed E-state index contributed by atoms with van der Waals surface area (Å²) in [6, 6.07) is 6.01. The first kappa shape index (κ1) is 16.5. The number of ether oxygens (including phenoxy) is 2. The quantitative estimate of drug-likeness (QED) is 0.706. The van der Waals surface area contributed by atoms with Gasteiger partial charge in [0.25, 0.3) is 0 Å². The van der Waals surface area contributed by atoms with Gasteiger partial charge in [0.15, 0.2) is 0 Å². The molecule has 0 aromatic heterocycles. The van der Waals surface area contributed by atoms with E-state index in [9.17, 15) is 0 Å². The number of hydrogen-bond donors (Lipinski definition) is 1. The summed E-state index contributed by atoms with van der Waals surface area (Å²) in [5.41, 5.74) is 6.74. The van der Waals surface area contributed by atoms with Gasteiger partial charge in [-0.15, -0.1) is 0 Å². The van der Waals surface area contributed by atoms with E-state index in [1.54, 1.807) is 0 Å². The molecule has 0 saturated heterocycles. The second-order valence-electron chi connectivity index (χ2n) is 4.93. The first-order valence-corrected chi connectivity index (χ1v) is 7.61. The Morgan fingerprint density at radius 3 is 2.68 bits per heavy atom. The van der Waals surface area contributed by atoms with Crippen LogP contribution in [0.25, 0.3) is 0 Å². The van der Waals surface area contributed by atoms with Crippen molar-refractivity contribution in [2.24, 2.45) is 11.7 Å². The number of hydrogen-bond acceptors (Lipinski definition) is 3. The molecule has 108 valence electrons. The van der Waals surface area contributed by atoms with Gasteiger partial charge in [0.05, 0.1) is 6.61 Å². The van der Waals surface area contributed by atoms with Crippen molar-refractivity contribution in [2.45, 2.75) is 26.7 Å². The molecule has 0 aliphatic carbocycles. The van der Waals surface area contributed by atoms with Crippen molar-refractivity contribution in [3.63, 3.8) is 0 Å². The lowest BCUT2D eigenvalue weighted by Gasteiger charge is -2.12. The summed E-state index contributed by atoms with van der Waals surface area (Å²) >= 11 is 3.46. The van der Waals surface area contributed by atoms with Gasteiger partial charge in [-0.3, -0.25) is 0 Å². The van der Waals surface area contributed by atoms with Gasteiger partial charge in [-0.25, -0.2) is 0 Å². The molecule has 0 radical (unpaired) electrons. The van der Waals surface area contributed by atoms with E-state index >= 15 is 0 Å². The number of rotatable bonds is 9. The van der Waals surface area contributed by atoms with E-state index in [1.807, 2.05) is 12.1 Å². The van der Waals surface area contributed by atoms with Gasteiger partial charge in [-0.05, 0) is 49.1 Å².